The second-order valence-corrected chi connectivity index (χ2v) is 4.01. The molecule has 0 aromatic heterocycles. The summed E-state index contributed by atoms with van der Waals surface area (Å²) in [6.07, 6.45) is 0. The van der Waals surface area contributed by atoms with Gasteiger partial charge >= 0.3 is 6.61 Å². The van der Waals surface area contributed by atoms with E-state index in [1.54, 1.807) is 26.1 Å². The Morgan fingerprint density at radius 1 is 1.39 bits per heavy atom. The van der Waals surface area contributed by atoms with Crippen LogP contribution in [0, 0.1) is 0 Å². The van der Waals surface area contributed by atoms with Crippen molar-refractivity contribution < 1.29 is 18.3 Å². The molecule has 1 amide bonds. The second-order valence-electron chi connectivity index (χ2n) is 4.01. The summed E-state index contributed by atoms with van der Waals surface area (Å²) < 4.78 is 28.1. The minimum absolute atomic E-state index is 0.0925. The van der Waals surface area contributed by atoms with Gasteiger partial charge in [-0.25, -0.2) is 0 Å². The molecule has 18 heavy (non-hydrogen) atoms. The Hall–Kier alpha value is -1.69. The lowest BCUT2D eigenvalue weighted by Gasteiger charge is -2.19. The van der Waals surface area contributed by atoms with Gasteiger partial charge in [-0.05, 0) is 24.6 Å². The molecule has 0 fully saturated rings. The predicted octanol–water partition coefficient (Wildman–Crippen LogP) is 1.59. The van der Waals surface area contributed by atoms with E-state index in [0.717, 1.165) is 5.56 Å². The molecule has 0 aliphatic rings. The van der Waals surface area contributed by atoms with E-state index in [1.165, 1.54) is 17.0 Å². The number of carbonyl (C=O) groups excluding carboxylic acids is 1. The van der Waals surface area contributed by atoms with Crippen molar-refractivity contribution in [2.24, 2.45) is 5.73 Å². The normalized spacial score (nSPS) is 12.3. The zero-order valence-corrected chi connectivity index (χ0v) is 10.3. The molecule has 0 unspecified atom stereocenters. The summed E-state index contributed by atoms with van der Waals surface area (Å²) in [5, 5.41) is 0. The first kappa shape index (κ1) is 14.4. The smallest absolute Gasteiger partial charge is 0.387 e. The van der Waals surface area contributed by atoms with Gasteiger partial charge in [-0.3, -0.25) is 4.79 Å². The van der Waals surface area contributed by atoms with Gasteiger partial charge in [0.2, 0.25) is 5.91 Å². The number of nitrogens with two attached hydrogens (primary N) is 1. The van der Waals surface area contributed by atoms with Crippen LogP contribution >= 0.6 is 0 Å². The predicted molar refractivity (Wildman–Crippen MR) is 63.2 cm³/mol. The van der Waals surface area contributed by atoms with Crippen LogP contribution in [0.5, 0.6) is 5.75 Å². The van der Waals surface area contributed by atoms with Gasteiger partial charge in [-0.15, -0.1) is 0 Å². The summed E-state index contributed by atoms with van der Waals surface area (Å²) in [5.41, 5.74) is 6.29. The summed E-state index contributed by atoms with van der Waals surface area (Å²) in [5.74, 6) is -0.0853. The first-order valence-electron chi connectivity index (χ1n) is 5.44. The molecule has 0 aliphatic heterocycles. The van der Waals surface area contributed by atoms with Crippen LogP contribution in [0.2, 0.25) is 0 Å². The van der Waals surface area contributed by atoms with Gasteiger partial charge in [0.15, 0.2) is 0 Å². The number of rotatable bonds is 5. The van der Waals surface area contributed by atoms with Gasteiger partial charge < -0.3 is 15.4 Å². The number of carbonyl (C=O) groups is 1. The van der Waals surface area contributed by atoms with E-state index in [-0.39, 0.29) is 11.7 Å². The number of halogens is 2. The number of hydrogen-bond donors (Lipinski definition) is 1. The Labute approximate surface area is 104 Å². The van der Waals surface area contributed by atoms with Gasteiger partial charge in [0, 0.05) is 13.6 Å². The summed E-state index contributed by atoms with van der Waals surface area (Å²) >= 11 is 0. The van der Waals surface area contributed by atoms with Crippen molar-refractivity contribution in [1.29, 1.82) is 0 Å². The van der Waals surface area contributed by atoms with Crippen molar-refractivity contribution in [2.75, 3.05) is 7.05 Å². The standard InChI is InChI=1S/C12H16F2N2O2/c1-8(15)11(17)16(2)7-9-3-5-10(6-4-9)18-12(13)14/h3-6,8,12H,7,15H2,1-2H3/t8-/m0/s1. The van der Waals surface area contributed by atoms with Crippen LogP contribution in [-0.2, 0) is 11.3 Å². The maximum Gasteiger partial charge on any atom is 0.387 e. The van der Waals surface area contributed by atoms with Crippen LogP contribution in [0.4, 0.5) is 8.78 Å². The number of benzene rings is 1. The lowest BCUT2D eigenvalue weighted by Crippen LogP contribution is -2.39. The minimum atomic E-state index is -2.84. The molecule has 0 aliphatic carbocycles. The average molecular weight is 258 g/mol. The summed E-state index contributed by atoms with van der Waals surface area (Å²) in [6.45, 7) is -0.855. The Morgan fingerprint density at radius 3 is 2.39 bits per heavy atom. The molecule has 100 valence electrons. The van der Waals surface area contributed by atoms with Crippen LogP contribution in [0.3, 0.4) is 0 Å². The van der Waals surface area contributed by atoms with Gasteiger partial charge in [0.1, 0.15) is 5.75 Å². The quantitative estimate of drug-likeness (QED) is 0.872. The molecule has 1 atom stereocenters. The largest absolute Gasteiger partial charge is 0.435 e. The van der Waals surface area contributed by atoms with Crippen molar-refractivity contribution in [1.82, 2.24) is 4.90 Å². The van der Waals surface area contributed by atoms with E-state index in [0.29, 0.717) is 6.54 Å². The van der Waals surface area contributed by atoms with Crippen LogP contribution in [0.15, 0.2) is 24.3 Å². The maximum absolute atomic E-state index is 11.9. The van der Waals surface area contributed by atoms with E-state index in [4.69, 9.17) is 5.73 Å². The van der Waals surface area contributed by atoms with Gasteiger partial charge in [0.05, 0.1) is 6.04 Å². The fourth-order valence-electron chi connectivity index (χ4n) is 1.48. The zero-order valence-electron chi connectivity index (χ0n) is 10.3. The van der Waals surface area contributed by atoms with E-state index in [2.05, 4.69) is 4.74 Å². The number of amides is 1. The second kappa shape index (κ2) is 6.30. The van der Waals surface area contributed by atoms with Crippen molar-refractivity contribution in [3.63, 3.8) is 0 Å². The Kier molecular flexibility index (Phi) is 5.03. The zero-order chi connectivity index (χ0) is 13.7. The fraction of sp³-hybridized carbons (Fsp3) is 0.417. The number of alkyl halides is 2. The van der Waals surface area contributed by atoms with Crippen LogP contribution in [0.25, 0.3) is 0 Å². The molecule has 0 bridgehead atoms. The van der Waals surface area contributed by atoms with Crippen LogP contribution in [0.1, 0.15) is 12.5 Å². The molecule has 1 aromatic rings. The summed E-state index contributed by atoms with van der Waals surface area (Å²) in [6, 6.07) is 5.57. The minimum Gasteiger partial charge on any atom is -0.435 e. The fourth-order valence-corrected chi connectivity index (χ4v) is 1.48. The molecule has 0 radical (unpaired) electrons. The molecule has 4 nitrogen and oxygen atoms in total. The third kappa shape index (κ3) is 4.29. The molecular formula is C12H16F2N2O2. The van der Waals surface area contributed by atoms with E-state index in [9.17, 15) is 13.6 Å². The number of ether oxygens (including phenoxy) is 1. The van der Waals surface area contributed by atoms with Crippen LogP contribution in [-0.4, -0.2) is 30.5 Å². The van der Waals surface area contributed by atoms with Crippen molar-refractivity contribution in [3.05, 3.63) is 29.8 Å². The summed E-state index contributed by atoms with van der Waals surface area (Å²) in [4.78, 5) is 13.0. The third-order valence-corrected chi connectivity index (χ3v) is 2.33. The molecule has 2 N–H and O–H groups in total. The first-order chi connectivity index (χ1) is 8.40. The van der Waals surface area contributed by atoms with Crippen molar-refractivity contribution in [3.8, 4) is 5.75 Å². The highest BCUT2D eigenvalue weighted by Gasteiger charge is 2.13. The number of likely N-dealkylation sites (N-methyl/N-ethyl adjacent to an activating group) is 1. The molecule has 0 heterocycles. The third-order valence-electron chi connectivity index (χ3n) is 2.33. The maximum atomic E-state index is 11.9. The summed E-state index contributed by atoms with van der Waals surface area (Å²) in [7, 11) is 1.63. The average Bonchev–Trinajstić information content (AvgIpc) is 2.29. The molecule has 0 saturated carbocycles. The van der Waals surface area contributed by atoms with Crippen LogP contribution < -0.4 is 10.5 Å². The molecule has 6 heteroatoms. The van der Waals surface area contributed by atoms with Crippen molar-refractivity contribution >= 4 is 5.91 Å². The lowest BCUT2D eigenvalue weighted by molar-refractivity contribution is -0.131. The van der Waals surface area contributed by atoms with Gasteiger partial charge in [-0.2, -0.15) is 8.78 Å². The Morgan fingerprint density at radius 2 is 1.94 bits per heavy atom. The molecule has 0 saturated heterocycles. The molecule has 1 aromatic carbocycles. The Bertz CT molecular complexity index is 394. The first-order valence-corrected chi connectivity index (χ1v) is 5.44. The highest BCUT2D eigenvalue weighted by molar-refractivity contribution is 5.80. The highest BCUT2D eigenvalue weighted by Crippen LogP contribution is 2.15. The van der Waals surface area contributed by atoms with Gasteiger partial charge in [0.25, 0.3) is 0 Å². The van der Waals surface area contributed by atoms with E-state index >= 15 is 0 Å². The topological polar surface area (TPSA) is 55.6 Å². The van der Waals surface area contributed by atoms with Crippen molar-refractivity contribution in [2.45, 2.75) is 26.1 Å². The number of hydrogen-bond acceptors (Lipinski definition) is 3. The molecular weight excluding hydrogens is 242 g/mol. The Balaban J connectivity index is 2.61. The monoisotopic (exact) mass is 258 g/mol. The lowest BCUT2D eigenvalue weighted by atomic mass is 10.2. The highest BCUT2D eigenvalue weighted by atomic mass is 19.3. The SMILES string of the molecule is C[C@H](N)C(=O)N(C)Cc1ccc(OC(F)F)cc1. The van der Waals surface area contributed by atoms with E-state index in [1.807, 2.05) is 0 Å². The molecule has 1 rings (SSSR count). The number of nitrogens with zero attached hydrogens (tertiary/aromatic N) is 1. The van der Waals surface area contributed by atoms with E-state index < -0.39 is 12.7 Å². The molecule has 0 spiro atoms. The van der Waals surface area contributed by atoms with Gasteiger partial charge in [-0.1, -0.05) is 12.1 Å².